The Kier molecular flexibility index (Phi) is 14.9. The van der Waals surface area contributed by atoms with Gasteiger partial charge in [-0.15, -0.1) is 0 Å². The summed E-state index contributed by atoms with van der Waals surface area (Å²) in [4.78, 5) is 8.75. The van der Waals surface area contributed by atoms with E-state index in [0.29, 0.717) is 0 Å². The number of rotatable bonds is 13. The number of alkyl halides is 9. The Hall–Kier alpha value is -5.33. The molecule has 0 radical (unpaired) electrons. The van der Waals surface area contributed by atoms with Crippen molar-refractivity contribution in [2.45, 2.75) is 57.5 Å². The molecule has 0 amide bonds. The van der Waals surface area contributed by atoms with E-state index in [1.54, 1.807) is 30.6 Å². The molecule has 17 heteroatoms. The molecule has 0 spiro atoms. The molecule has 0 fully saturated rings. The number of hydrogen-bond donors (Lipinski definition) is 0. The Labute approximate surface area is 374 Å². The van der Waals surface area contributed by atoms with Gasteiger partial charge in [0.25, 0.3) is 0 Å². The van der Waals surface area contributed by atoms with E-state index >= 15 is 0 Å². The Morgan fingerprint density at radius 1 is 0.438 bits per heavy atom. The normalized spacial score (nSPS) is 12.4. The first-order chi connectivity index (χ1) is 30.2. The van der Waals surface area contributed by atoms with Crippen LogP contribution in [0, 0.1) is 0 Å². The number of benzene rings is 7. The number of methoxy groups -OCH3 is 1. The van der Waals surface area contributed by atoms with Crippen LogP contribution in [0.4, 0.5) is 39.5 Å². The molecule has 64 heavy (non-hydrogen) atoms. The van der Waals surface area contributed by atoms with Crippen LogP contribution in [0.5, 0.6) is 5.75 Å². The standard InChI is InChI=1S/C43H33OS3.C4HF9O3S/c1-44-36-16-26-41(27-17-36)47(42-28-22-39(23-29-42)45-37-18-12-34(13-19-37)32-8-4-2-5-9-32)43-30-24-40(25-31-43)46-38-20-14-35(15-21-38)33-10-6-3-7-11-33;5-1(6,3(9,10)11)2(7,8)4(12,13)17(14,15)16/h2-31H,1H3;(H,14,15,16)/q+1;/p-1. The minimum Gasteiger partial charge on any atom is -0.743 e. The molecule has 0 aromatic heterocycles. The van der Waals surface area contributed by atoms with Crippen molar-refractivity contribution in [2.75, 3.05) is 7.11 Å². The summed E-state index contributed by atoms with van der Waals surface area (Å²) in [6, 6.07) is 65.3. The molecule has 0 heterocycles. The fraction of sp³-hybridized carbons (Fsp3) is 0.106. The first kappa shape index (κ1) is 48.1. The number of ether oxygens (including phenoxy) is 1. The van der Waals surface area contributed by atoms with Gasteiger partial charge in [0.05, 0.1) is 18.0 Å². The van der Waals surface area contributed by atoms with Crippen molar-refractivity contribution in [3.8, 4) is 28.0 Å². The lowest BCUT2D eigenvalue weighted by Crippen LogP contribution is -2.63. The summed E-state index contributed by atoms with van der Waals surface area (Å²) in [6.07, 6.45) is -7.16. The minimum absolute atomic E-state index is 0.257. The van der Waals surface area contributed by atoms with Crippen molar-refractivity contribution >= 4 is 44.5 Å². The van der Waals surface area contributed by atoms with Gasteiger partial charge in [-0.25, -0.2) is 8.42 Å². The quantitative estimate of drug-likeness (QED) is 0.0652. The van der Waals surface area contributed by atoms with Crippen LogP contribution >= 0.6 is 23.5 Å². The molecule has 0 atom stereocenters. The minimum atomic E-state index is -7.43. The van der Waals surface area contributed by atoms with E-state index in [0.717, 1.165) is 5.75 Å². The molecule has 0 unspecified atom stereocenters. The van der Waals surface area contributed by atoms with Crippen molar-refractivity contribution < 1.29 is 57.2 Å². The summed E-state index contributed by atoms with van der Waals surface area (Å²) in [6.45, 7) is 0. The van der Waals surface area contributed by atoms with Gasteiger partial charge < -0.3 is 9.29 Å². The highest BCUT2D eigenvalue weighted by molar-refractivity contribution is 7.99. The van der Waals surface area contributed by atoms with Crippen molar-refractivity contribution in [2.24, 2.45) is 0 Å². The van der Waals surface area contributed by atoms with Gasteiger partial charge in [-0.3, -0.25) is 0 Å². The SMILES string of the molecule is COc1ccc([S+](c2ccc(Sc3ccc(-c4ccccc4)cc3)cc2)c2ccc(Sc3ccc(-c4ccccc4)cc3)cc2)cc1.O=S(=O)([O-])C(F)(F)C(F)(F)C(F)(F)C(F)(F)F. The fourth-order valence-electron chi connectivity index (χ4n) is 5.89. The maximum atomic E-state index is 12.2. The molecule has 0 saturated heterocycles. The lowest BCUT2D eigenvalue weighted by molar-refractivity contribution is -0.382. The summed E-state index contributed by atoms with van der Waals surface area (Å²) in [7, 11) is -5.96. The van der Waals surface area contributed by atoms with Crippen LogP contribution in [0.15, 0.2) is 216 Å². The third kappa shape index (κ3) is 10.9. The summed E-state index contributed by atoms with van der Waals surface area (Å²) < 4.78 is 141. The van der Waals surface area contributed by atoms with E-state index in [1.165, 1.54) is 56.5 Å². The monoisotopic (exact) mass is 960 g/mol. The van der Waals surface area contributed by atoms with Gasteiger partial charge in [-0.1, -0.05) is 108 Å². The number of hydrogen-bond acceptors (Lipinski definition) is 6. The van der Waals surface area contributed by atoms with Crippen molar-refractivity contribution in [3.05, 3.63) is 182 Å². The van der Waals surface area contributed by atoms with E-state index in [2.05, 4.69) is 182 Å². The van der Waals surface area contributed by atoms with E-state index in [-0.39, 0.29) is 10.9 Å². The summed E-state index contributed by atoms with van der Waals surface area (Å²) >= 11 is 3.59. The first-order valence-corrected chi connectivity index (χ1v) is 22.9. The largest absolute Gasteiger partial charge is 0.743 e. The Balaban J connectivity index is 0.000000341. The third-order valence-corrected chi connectivity index (χ3v) is 14.4. The van der Waals surface area contributed by atoms with E-state index in [9.17, 15) is 52.5 Å². The molecule has 0 aliphatic heterocycles. The van der Waals surface area contributed by atoms with Crippen LogP contribution in [0.1, 0.15) is 0 Å². The van der Waals surface area contributed by atoms with Crippen LogP contribution in [0.25, 0.3) is 22.3 Å². The average Bonchev–Trinajstić information content (AvgIpc) is 3.28. The van der Waals surface area contributed by atoms with Gasteiger partial charge in [-0.2, -0.15) is 39.5 Å². The van der Waals surface area contributed by atoms with Gasteiger partial charge >= 0.3 is 23.3 Å². The van der Waals surface area contributed by atoms with Crippen LogP contribution in [-0.4, -0.2) is 43.4 Å². The van der Waals surface area contributed by atoms with Gasteiger partial charge in [0.15, 0.2) is 24.8 Å². The second-order valence-electron chi connectivity index (χ2n) is 13.5. The molecular formula is C47H33F9O4S4. The van der Waals surface area contributed by atoms with Gasteiger partial charge in [-0.05, 0) is 119 Å². The first-order valence-electron chi connectivity index (χ1n) is 18.6. The van der Waals surface area contributed by atoms with Gasteiger partial charge in [0.1, 0.15) is 5.75 Å². The predicted molar refractivity (Wildman–Crippen MR) is 231 cm³/mol. The molecule has 4 nitrogen and oxygen atoms in total. The Morgan fingerprint density at radius 3 is 1.03 bits per heavy atom. The molecule has 0 aliphatic rings. The molecule has 0 aliphatic carbocycles. The van der Waals surface area contributed by atoms with Gasteiger partial charge in [0.2, 0.25) is 0 Å². The Morgan fingerprint density at radius 2 is 0.734 bits per heavy atom. The summed E-state index contributed by atoms with van der Waals surface area (Å²) in [5, 5.41) is -7.11. The zero-order valence-electron chi connectivity index (χ0n) is 33.0. The lowest BCUT2D eigenvalue weighted by atomic mass is 10.1. The van der Waals surface area contributed by atoms with E-state index in [4.69, 9.17) is 4.74 Å². The van der Waals surface area contributed by atoms with Crippen LogP contribution in [-0.2, 0) is 21.0 Å². The maximum absolute atomic E-state index is 12.2. The van der Waals surface area contributed by atoms with Crippen LogP contribution in [0.3, 0.4) is 0 Å². The molecule has 7 aromatic rings. The third-order valence-electron chi connectivity index (χ3n) is 9.24. The maximum Gasteiger partial charge on any atom is 0.460 e. The average molecular weight is 961 g/mol. The zero-order valence-corrected chi connectivity index (χ0v) is 36.3. The van der Waals surface area contributed by atoms with Crippen molar-refractivity contribution in [1.82, 2.24) is 0 Å². The van der Waals surface area contributed by atoms with E-state index in [1.807, 2.05) is 0 Å². The van der Waals surface area contributed by atoms with Crippen molar-refractivity contribution in [3.63, 3.8) is 0 Å². The van der Waals surface area contributed by atoms with Crippen LogP contribution < -0.4 is 4.74 Å². The molecule has 7 rings (SSSR count). The van der Waals surface area contributed by atoms with Crippen molar-refractivity contribution in [1.29, 1.82) is 0 Å². The van der Waals surface area contributed by atoms with E-state index < -0.39 is 33.4 Å². The second kappa shape index (κ2) is 19.8. The highest BCUT2D eigenvalue weighted by Crippen LogP contribution is 2.54. The molecule has 0 bridgehead atoms. The highest BCUT2D eigenvalue weighted by atomic mass is 32.2. The molecule has 7 aromatic carbocycles. The second-order valence-corrected chi connectivity index (χ2v) is 19.3. The van der Waals surface area contributed by atoms with Gasteiger partial charge in [0, 0.05) is 19.6 Å². The molecule has 0 N–H and O–H groups in total. The Bertz CT molecular complexity index is 2580. The molecular weight excluding hydrogens is 928 g/mol. The number of halogens is 9. The van der Waals surface area contributed by atoms with Crippen LogP contribution in [0.2, 0.25) is 0 Å². The summed E-state index contributed by atoms with van der Waals surface area (Å²) in [5.74, 6) is -14.0. The zero-order chi connectivity index (χ0) is 46.3. The molecule has 332 valence electrons. The highest BCUT2D eigenvalue weighted by Gasteiger charge is 2.83. The topological polar surface area (TPSA) is 66.4 Å². The summed E-state index contributed by atoms with van der Waals surface area (Å²) in [5.41, 5.74) is 4.95. The predicted octanol–water partition coefficient (Wildman–Crippen LogP) is 14.4. The lowest BCUT2D eigenvalue weighted by Gasteiger charge is -2.34. The fourth-order valence-corrected chi connectivity index (χ4v) is 10.0. The molecule has 0 saturated carbocycles. The smallest absolute Gasteiger partial charge is 0.460 e.